The minimum Gasteiger partial charge on any atom is -0.310 e. The van der Waals surface area contributed by atoms with Gasteiger partial charge in [0.1, 0.15) is 0 Å². The van der Waals surface area contributed by atoms with Gasteiger partial charge in [-0.1, -0.05) is 110 Å². The Labute approximate surface area is 337 Å². The first-order chi connectivity index (χ1) is 27.2. The second-order valence-electron chi connectivity index (χ2n) is 17.8. The van der Waals surface area contributed by atoms with Crippen molar-refractivity contribution in [3.63, 3.8) is 0 Å². The van der Waals surface area contributed by atoms with Crippen LogP contribution in [0.4, 0.5) is 34.1 Å². The van der Waals surface area contributed by atoms with Crippen molar-refractivity contribution >= 4 is 44.9 Å². The fourth-order valence-corrected chi connectivity index (χ4v) is 8.34. The number of hydrogen-bond acceptors (Lipinski definition) is 4. The number of rotatable bonds is 6. The molecule has 0 saturated heterocycles. The first kappa shape index (κ1) is 37.3. The molecule has 0 fully saturated rings. The number of benzene rings is 7. The van der Waals surface area contributed by atoms with E-state index >= 15 is 0 Å². The lowest BCUT2D eigenvalue weighted by Gasteiger charge is -2.31. The summed E-state index contributed by atoms with van der Waals surface area (Å²) in [5.74, 6) is 0. The number of nitrogens with zero attached hydrogens (tertiary/aromatic N) is 4. The van der Waals surface area contributed by atoms with Crippen molar-refractivity contribution in [1.29, 1.82) is 10.5 Å². The van der Waals surface area contributed by atoms with Gasteiger partial charge in [0.15, 0.2) is 0 Å². The number of anilines is 6. The zero-order chi connectivity index (χ0) is 40.3. The summed E-state index contributed by atoms with van der Waals surface area (Å²) < 4.78 is 0. The molecule has 0 N–H and O–H groups in total. The summed E-state index contributed by atoms with van der Waals surface area (Å²) in [6.07, 6.45) is 0. The molecule has 0 bridgehead atoms. The van der Waals surface area contributed by atoms with Crippen LogP contribution in [-0.4, -0.2) is 0 Å². The van der Waals surface area contributed by atoms with E-state index < -0.39 is 0 Å². The molecule has 0 saturated carbocycles. The zero-order valence-corrected chi connectivity index (χ0v) is 34.1. The van der Waals surface area contributed by atoms with Gasteiger partial charge in [0.25, 0.3) is 0 Å². The van der Waals surface area contributed by atoms with Gasteiger partial charge in [0.2, 0.25) is 0 Å². The van der Waals surface area contributed by atoms with Gasteiger partial charge in [-0.3, -0.25) is 0 Å². The highest BCUT2D eigenvalue weighted by atomic mass is 15.1. The third-order valence-corrected chi connectivity index (χ3v) is 11.6. The summed E-state index contributed by atoms with van der Waals surface area (Å²) in [6, 6.07) is 56.2. The molecule has 0 atom stereocenters. The largest absolute Gasteiger partial charge is 0.310 e. The summed E-state index contributed by atoms with van der Waals surface area (Å²) in [4.78, 5) is 4.64. The van der Waals surface area contributed by atoms with Gasteiger partial charge in [0.05, 0.1) is 29.0 Å². The second-order valence-corrected chi connectivity index (χ2v) is 17.8. The van der Waals surface area contributed by atoms with Gasteiger partial charge >= 0.3 is 0 Å². The Kier molecular flexibility index (Phi) is 9.06. The van der Waals surface area contributed by atoms with E-state index in [0.29, 0.717) is 11.1 Å². The number of hydrogen-bond donors (Lipinski definition) is 0. The Morgan fingerprint density at radius 1 is 0.456 bits per heavy atom. The highest BCUT2D eigenvalue weighted by molar-refractivity contribution is 6.10. The van der Waals surface area contributed by atoms with Gasteiger partial charge < -0.3 is 9.80 Å². The Bertz CT molecular complexity index is 2710. The molecule has 0 amide bonds. The summed E-state index contributed by atoms with van der Waals surface area (Å²) in [6.45, 7) is 18.1. The Balaban J connectivity index is 1.31. The maximum Gasteiger partial charge on any atom is 0.0991 e. The normalized spacial score (nSPS) is 13.0. The predicted octanol–water partition coefficient (Wildman–Crippen LogP) is 14.4. The van der Waals surface area contributed by atoms with E-state index in [4.69, 9.17) is 0 Å². The van der Waals surface area contributed by atoms with E-state index in [9.17, 15) is 10.5 Å². The smallest absolute Gasteiger partial charge is 0.0991 e. The minimum absolute atomic E-state index is 0.0261. The third kappa shape index (κ3) is 6.62. The molecule has 4 nitrogen and oxygen atoms in total. The van der Waals surface area contributed by atoms with Crippen molar-refractivity contribution in [1.82, 2.24) is 0 Å². The molecule has 8 rings (SSSR count). The molecule has 57 heavy (non-hydrogen) atoms. The lowest BCUT2D eigenvalue weighted by atomic mass is 9.81. The van der Waals surface area contributed by atoms with Crippen LogP contribution in [0.3, 0.4) is 0 Å². The van der Waals surface area contributed by atoms with E-state index in [1.54, 1.807) is 0 Å². The van der Waals surface area contributed by atoms with Crippen LogP contribution in [0, 0.1) is 22.7 Å². The zero-order valence-electron chi connectivity index (χ0n) is 34.1. The topological polar surface area (TPSA) is 54.1 Å². The molecule has 0 radical (unpaired) electrons. The van der Waals surface area contributed by atoms with Crippen molar-refractivity contribution in [3.05, 3.63) is 179 Å². The van der Waals surface area contributed by atoms with E-state index in [-0.39, 0.29) is 16.2 Å². The molecule has 0 unspecified atom stereocenters. The lowest BCUT2D eigenvalue weighted by molar-refractivity contribution is 0.590. The van der Waals surface area contributed by atoms with Crippen molar-refractivity contribution < 1.29 is 0 Å². The Hall–Kier alpha value is -6.62. The lowest BCUT2D eigenvalue weighted by Crippen LogP contribution is -2.18. The number of fused-ring (bicyclic) bond motifs is 5. The molecular weight excluding hydrogens is 693 g/mol. The molecule has 0 aliphatic heterocycles. The van der Waals surface area contributed by atoms with Crippen LogP contribution in [0.15, 0.2) is 146 Å². The van der Waals surface area contributed by atoms with Crippen molar-refractivity contribution in [3.8, 4) is 23.3 Å². The van der Waals surface area contributed by atoms with Crippen LogP contribution in [0.5, 0.6) is 0 Å². The Morgan fingerprint density at radius 3 is 1.33 bits per heavy atom. The monoisotopic (exact) mass is 740 g/mol. The minimum atomic E-state index is -0.335. The van der Waals surface area contributed by atoms with E-state index in [1.165, 1.54) is 38.8 Å². The van der Waals surface area contributed by atoms with Gasteiger partial charge in [-0.15, -0.1) is 0 Å². The molecule has 0 spiro atoms. The highest BCUT2D eigenvalue weighted by Gasteiger charge is 2.38. The third-order valence-electron chi connectivity index (χ3n) is 11.6. The average molecular weight is 741 g/mol. The van der Waals surface area contributed by atoms with Crippen LogP contribution in [-0.2, 0) is 16.2 Å². The van der Waals surface area contributed by atoms with E-state index in [0.717, 1.165) is 39.5 Å². The summed E-state index contributed by atoms with van der Waals surface area (Å²) in [7, 11) is 0. The van der Waals surface area contributed by atoms with Crippen molar-refractivity contribution in [2.24, 2.45) is 0 Å². The standard InChI is InChI=1S/C53H48N4/c1-51(2,3)37-17-25-40(26-18-37)56(39-21-13-35(33-54)14-22-39)43-29-30-46-47(31-43)53(7,8)48-32-49(44-11-9-10-12-45(44)50(46)48)57(41-23-15-36(34-55)16-24-41)42-27-19-38(20-28-42)52(4,5)6/h9-32H,1-8H3. The van der Waals surface area contributed by atoms with Gasteiger partial charge in [-0.25, -0.2) is 0 Å². The molecule has 0 aromatic heterocycles. The quantitative estimate of drug-likeness (QED) is 0.170. The molecule has 0 heterocycles. The maximum absolute atomic E-state index is 9.66. The van der Waals surface area contributed by atoms with Gasteiger partial charge in [-0.05, 0) is 141 Å². The SMILES string of the molecule is CC(C)(C)c1ccc(N(c2ccc(C#N)cc2)c2ccc3c(c2)C(C)(C)c2cc(N(c4ccc(C#N)cc4)c4ccc(C(C)(C)C)cc4)c4ccccc4c2-3)cc1. The van der Waals surface area contributed by atoms with Crippen molar-refractivity contribution in [2.45, 2.75) is 71.6 Å². The Morgan fingerprint density at radius 2 is 0.877 bits per heavy atom. The second kappa shape index (κ2) is 13.8. The van der Waals surface area contributed by atoms with Crippen LogP contribution < -0.4 is 9.80 Å². The fourth-order valence-electron chi connectivity index (χ4n) is 8.34. The summed E-state index contributed by atoms with van der Waals surface area (Å²) >= 11 is 0. The molecule has 280 valence electrons. The van der Waals surface area contributed by atoms with E-state index in [2.05, 4.69) is 187 Å². The van der Waals surface area contributed by atoms with Gasteiger partial charge in [0, 0.05) is 39.2 Å². The highest BCUT2D eigenvalue weighted by Crippen LogP contribution is 2.55. The first-order valence-corrected chi connectivity index (χ1v) is 19.7. The predicted molar refractivity (Wildman–Crippen MR) is 238 cm³/mol. The average Bonchev–Trinajstić information content (AvgIpc) is 3.43. The molecule has 1 aliphatic rings. The molecular formula is C53H48N4. The first-order valence-electron chi connectivity index (χ1n) is 19.7. The van der Waals surface area contributed by atoms with Crippen molar-refractivity contribution in [2.75, 3.05) is 9.80 Å². The molecule has 4 heteroatoms. The van der Waals surface area contributed by atoms with Crippen LogP contribution in [0.25, 0.3) is 21.9 Å². The van der Waals surface area contributed by atoms with Gasteiger partial charge in [-0.2, -0.15) is 10.5 Å². The molecule has 1 aliphatic carbocycles. The van der Waals surface area contributed by atoms with Crippen LogP contribution in [0.2, 0.25) is 0 Å². The number of nitriles is 2. The molecule has 7 aromatic rings. The summed E-state index contributed by atoms with van der Waals surface area (Å²) in [5, 5.41) is 21.6. The summed E-state index contributed by atoms with van der Waals surface area (Å²) in [5.41, 5.74) is 14.9. The molecule has 7 aromatic carbocycles. The van der Waals surface area contributed by atoms with E-state index in [1.807, 2.05) is 36.4 Å². The van der Waals surface area contributed by atoms with Crippen LogP contribution in [0.1, 0.15) is 88.8 Å². The fraction of sp³-hybridized carbons (Fsp3) is 0.208. The maximum atomic E-state index is 9.66. The van der Waals surface area contributed by atoms with Crippen LogP contribution >= 0.6 is 0 Å².